The van der Waals surface area contributed by atoms with Crippen molar-refractivity contribution in [2.75, 3.05) is 99.8 Å². The Kier molecular flexibility index (Phi) is 14.1. The maximum atomic E-state index is 15.5. The number of halogens is 2. The monoisotopic (exact) mass is 1060 g/mol. The molecule has 5 aromatic rings. The maximum absolute atomic E-state index is 15.5. The molecule has 0 bridgehead atoms. The predicted molar refractivity (Wildman–Crippen MR) is 282 cm³/mol. The van der Waals surface area contributed by atoms with Gasteiger partial charge in [-0.25, -0.2) is 9.37 Å². The summed E-state index contributed by atoms with van der Waals surface area (Å²) in [5, 5.41) is 15.1. The van der Waals surface area contributed by atoms with Crippen molar-refractivity contribution in [1.82, 2.24) is 39.8 Å². The van der Waals surface area contributed by atoms with Gasteiger partial charge < -0.3 is 25.2 Å². The number of carbonyl (C=O) groups excluding carboxylic acids is 4. The third-order valence-electron chi connectivity index (χ3n) is 15.2. The second kappa shape index (κ2) is 20.5. The number of piperazine rings is 1. The molecule has 378 valence electrons. The van der Waals surface area contributed by atoms with Crippen molar-refractivity contribution in [2.45, 2.75) is 58.0 Å². The first-order valence-electron chi connectivity index (χ1n) is 24.7. The Balaban J connectivity index is 0.728. The van der Waals surface area contributed by atoms with E-state index in [1.807, 2.05) is 29.0 Å². The summed E-state index contributed by atoms with van der Waals surface area (Å²) >= 11 is 3.68. The minimum atomic E-state index is -1.09. The minimum Gasteiger partial charge on any atom is -0.494 e. The van der Waals surface area contributed by atoms with E-state index in [0.717, 1.165) is 109 Å². The normalized spacial score (nSPS) is 19.3. The average molecular weight is 1060 g/mol. The Morgan fingerprint density at radius 3 is 2.28 bits per heavy atom. The first kappa shape index (κ1) is 49.6. The van der Waals surface area contributed by atoms with E-state index in [9.17, 15) is 19.2 Å². The number of nitrogens with zero attached hydrogens (tertiary/aromatic N) is 9. The number of likely N-dealkylation sites (tertiary alicyclic amines) is 1. The Bertz CT molecular complexity index is 2950. The molecule has 72 heavy (non-hydrogen) atoms. The summed E-state index contributed by atoms with van der Waals surface area (Å²) in [4.78, 5) is 70.6. The fraction of sp³-hybridized carbons (Fsp3) is 0.442. The Morgan fingerprint density at radius 1 is 0.861 bits per heavy atom. The zero-order chi connectivity index (χ0) is 50.5. The topological polar surface area (TPSA) is 173 Å². The largest absolute Gasteiger partial charge is 0.494 e. The van der Waals surface area contributed by atoms with Crippen LogP contribution in [0.4, 0.5) is 38.9 Å². The van der Waals surface area contributed by atoms with Crippen LogP contribution < -0.4 is 35.8 Å². The number of imide groups is 2. The van der Waals surface area contributed by atoms with Crippen LogP contribution in [-0.4, -0.2) is 150 Å². The number of benzene rings is 3. The lowest BCUT2D eigenvalue weighted by atomic mass is 9.91. The average Bonchev–Trinajstić information content (AvgIpc) is 3.89. The van der Waals surface area contributed by atoms with E-state index >= 15 is 4.39 Å². The van der Waals surface area contributed by atoms with Crippen LogP contribution in [0.2, 0.25) is 0 Å². The second-order valence-electron chi connectivity index (χ2n) is 19.9. The number of aryl methyl sites for hydroxylation is 2. The first-order chi connectivity index (χ1) is 34.6. The number of carbonyl (C=O) groups is 4. The number of aromatic nitrogens is 4. The molecule has 17 nitrogen and oxygen atoms in total. The number of methoxy groups -OCH3 is 1. The fourth-order valence-electron chi connectivity index (χ4n) is 10.9. The molecular weight excluding hydrogens is 1000 g/mol. The molecule has 4 amide bonds. The Hall–Kier alpha value is -6.01. The van der Waals surface area contributed by atoms with Gasteiger partial charge in [0.05, 0.1) is 40.3 Å². The van der Waals surface area contributed by atoms with Gasteiger partial charge in [0.25, 0.3) is 11.8 Å². The van der Waals surface area contributed by atoms with Crippen LogP contribution in [0.15, 0.2) is 59.5 Å². The van der Waals surface area contributed by atoms with Gasteiger partial charge >= 0.3 is 0 Å². The number of hydrogen-bond acceptors (Lipinski definition) is 14. The van der Waals surface area contributed by atoms with Crippen LogP contribution >= 0.6 is 23.9 Å². The van der Waals surface area contributed by atoms with Crippen molar-refractivity contribution in [2.24, 2.45) is 13.0 Å². The van der Waals surface area contributed by atoms with Crippen LogP contribution in [0, 0.1) is 25.6 Å². The first-order valence-corrected chi connectivity index (χ1v) is 27.7. The highest BCUT2D eigenvalue weighted by molar-refractivity contribution is 9.10. The summed E-state index contributed by atoms with van der Waals surface area (Å²) in [7, 11) is 3.25. The smallest absolute Gasteiger partial charge is 0.262 e. The molecule has 2 aromatic heterocycles. The van der Waals surface area contributed by atoms with Crippen molar-refractivity contribution in [1.29, 1.82) is 0 Å². The number of rotatable bonds is 14. The third-order valence-corrected chi connectivity index (χ3v) is 17.2. The standard InChI is InChI=1S/C52H61BrFN12O5P/c1-30-7-8-40(47(31(30)2)72(5)6)57-48-38(53)26-55-52(60-48)58-41-22-35(33-25-56-61(3)27-33)43(24-45(41)71-4)64-19-17-62(18-20-64)14-11-32-12-15-63(16-13-32)34-28-65(29-34)44-23-37-36(21-39(44)54)50(69)66(51(37)70)42-9-10-46(67)59-49(42)68/h7-8,21-27,32,34,42H,9-20,28-29H2,1-6H3,(H,59,67,68)(H2,55,57,58,60). The van der Waals surface area contributed by atoms with E-state index in [1.165, 1.54) is 22.5 Å². The quantitative estimate of drug-likeness (QED) is 0.0786. The molecule has 4 saturated heterocycles. The van der Waals surface area contributed by atoms with Crippen molar-refractivity contribution in [3.63, 3.8) is 0 Å². The lowest BCUT2D eigenvalue weighted by Gasteiger charge is -2.49. The van der Waals surface area contributed by atoms with Crippen LogP contribution in [0.5, 0.6) is 5.75 Å². The number of piperidine rings is 2. The molecule has 5 aliphatic rings. The molecule has 0 aliphatic carbocycles. The number of ether oxygens (including phenoxy) is 1. The van der Waals surface area contributed by atoms with Gasteiger partial charge in [0, 0.05) is 105 Å². The highest BCUT2D eigenvalue weighted by Crippen LogP contribution is 2.42. The van der Waals surface area contributed by atoms with Crippen LogP contribution in [0.25, 0.3) is 11.1 Å². The molecule has 0 spiro atoms. The number of hydrogen-bond donors (Lipinski definition) is 3. The summed E-state index contributed by atoms with van der Waals surface area (Å²) < 4.78 is 24.1. The van der Waals surface area contributed by atoms with E-state index < -0.39 is 35.5 Å². The van der Waals surface area contributed by atoms with Crippen molar-refractivity contribution >= 4 is 87.3 Å². The molecule has 0 saturated carbocycles. The van der Waals surface area contributed by atoms with Gasteiger partial charge in [-0.05, 0) is 130 Å². The molecule has 1 atom stereocenters. The van der Waals surface area contributed by atoms with Crippen LogP contribution in [0.3, 0.4) is 0 Å². The van der Waals surface area contributed by atoms with Crippen molar-refractivity contribution < 1.29 is 28.3 Å². The van der Waals surface area contributed by atoms with E-state index in [1.54, 1.807) is 13.3 Å². The molecule has 1 unspecified atom stereocenters. The zero-order valence-electron chi connectivity index (χ0n) is 41.6. The molecule has 20 heteroatoms. The molecule has 10 rings (SSSR count). The van der Waals surface area contributed by atoms with Gasteiger partial charge in [-0.1, -0.05) is 14.0 Å². The molecule has 7 heterocycles. The lowest BCUT2D eigenvalue weighted by Crippen LogP contribution is -2.61. The maximum Gasteiger partial charge on any atom is 0.262 e. The number of anilines is 6. The second-order valence-corrected chi connectivity index (χ2v) is 23.0. The van der Waals surface area contributed by atoms with E-state index in [4.69, 9.17) is 9.72 Å². The van der Waals surface area contributed by atoms with Gasteiger partial charge in [0.2, 0.25) is 17.8 Å². The highest BCUT2D eigenvalue weighted by Gasteiger charge is 2.46. The van der Waals surface area contributed by atoms with Gasteiger partial charge in [-0.3, -0.25) is 43.9 Å². The van der Waals surface area contributed by atoms with Gasteiger partial charge in [0.15, 0.2) is 0 Å². The molecule has 5 aliphatic heterocycles. The lowest BCUT2D eigenvalue weighted by molar-refractivity contribution is -0.136. The summed E-state index contributed by atoms with van der Waals surface area (Å²) in [5.41, 5.74) is 7.82. The van der Waals surface area contributed by atoms with Crippen molar-refractivity contribution in [3.05, 3.63) is 87.5 Å². The van der Waals surface area contributed by atoms with Gasteiger partial charge in [-0.15, -0.1) is 0 Å². The van der Waals surface area contributed by atoms with Crippen LogP contribution in [0.1, 0.15) is 63.9 Å². The predicted octanol–water partition coefficient (Wildman–Crippen LogP) is 6.77. The summed E-state index contributed by atoms with van der Waals surface area (Å²) in [6.07, 6.45) is 9.13. The number of fused-ring (bicyclic) bond motifs is 1. The molecule has 3 N–H and O–H groups in total. The molecule has 4 fully saturated rings. The molecular formula is C52H61BrFN12O5P. The Labute approximate surface area is 428 Å². The molecule has 3 aromatic carbocycles. The summed E-state index contributed by atoms with van der Waals surface area (Å²) in [5.74, 6) is -0.619. The van der Waals surface area contributed by atoms with Crippen molar-refractivity contribution in [3.8, 4) is 16.9 Å². The van der Waals surface area contributed by atoms with Crippen LogP contribution in [-0.2, 0) is 16.6 Å². The minimum absolute atomic E-state index is 0.0244. The third kappa shape index (κ3) is 9.80. The highest BCUT2D eigenvalue weighted by atomic mass is 79.9. The molecule has 0 radical (unpaired) electrons. The Morgan fingerprint density at radius 2 is 1.60 bits per heavy atom. The van der Waals surface area contributed by atoms with Gasteiger partial charge in [0.1, 0.15) is 23.4 Å². The SMILES string of the molecule is COc1cc(N2CCN(CCC3CCN(C4CN(c5cc6c(cc5F)C(=O)N(C5CCC(=O)NC5=O)C6=O)C4)CC3)CC2)c(-c2cnn(C)c2)cc1Nc1ncc(Br)c(Nc2ccc(C)c(C)c2P(C)C)n1. The van der Waals surface area contributed by atoms with E-state index in [2.05, 4.69) is 108 Å². The van der Waals surface area contributed by atoms with E-state index in [0.29, 0.717) is 36.5 Å². The van der Waals surface area contributed by atoms with E-state index in [-0.39, 0.29) is 43.6 Å². The summed E-state index contributed by atoms with van der Waals surface area (Å²) in [6.45, 7) is 16.8. The van der Waals surface area contributed by atoms with Gasteiger partial charge in [-0.2, -0.15) is 10.1 Å². The number of amides is 4. The zero-order valence-corrected chi connectivity index (χ0v) is 44.1. The fourth-order valence-corrected chi connectivity index (χ4v) is 12.7. The number of nitrogens with one attached hydrogen (secondary N) is 3. The summed E-state index contributed by atoms with van der Waals surface area (Å²) in [6, 6.07) is 10.3.